The monoisotopic (exact) mass is 532 g/mol. The third-order valence-electron chi connectivity index (χ3n) is 8.43. The summed E-state index contributed by atoms with van der Waals surface area (Å²) in [6.45, 7) is 5.26. The van der Waals surface area contributed by atoms with E-state index in [1.165, 1.54) is 0 Å². The number of esters is 1. The van der Waals surface area contributed by atoms with Gasteiger partial charge in [0.2, 0.25) is 0 Å². The molecule has 39 heavy (non-hydrogen) atoms. The Bertz CT molecular complexity index is 1400. The number of hydrogen-bond donors (Lipinski definition) is 1. The predicted molar refractivity (Wildman–Crippen MR) is 143 cm³/mol. The van der Waals surface area contributed by atoms with Gasteiger partial charge in [-0.25, -0.2) is 9.50 Å². The highest BCUT2D eigenvalue weighted by atomic mass is 16.6. The number of hydrogen-bond acceptors (Lipinski definition) is 8. The van der Waals surface area contributed by atoms with Crippen molar-refractivity contribution in [1.29, 1.82) is 0 Å². The molecule has 9 nitrogen and oxygen atoms in total. The van der Waals surface area contributed by atoms with Crippen molar-refractivity contribution in [1.82, 2.24) is 19.6 Å². The number of carbonyl (C=O) groups excluding carboxylic acids is 3. The van der Waals surface area contributed by atoms with E-state index in [4.69, 9.17) is 4.74 Å². The number of ether oxygens (including phenoxy) is 1. The first-order valence-electron chi connectivity index (χ1n) is 13.9. The number of fused-ring (bicyclic) bond motifs is 1. The van der Waals surface area contributed by atoms with Crippen molar-refractivity contribution in [3.05, 3.63) is 58.2 Å². The third kappa shape index (κ3) is 5.37. The molecule has 1 N–H and O–H groups in total. The van der Waals surface area contributed by atoms with E-state index < -0.39 is 24.1 Å². The summed E-state index contributed by atoms with van der Waals surface area (Å²) in [5, 5.41) is 13.8. The van der Waals surface area contributed by atoms with Crippen molar-refractivity contribution in [2.45, 2.75) is 84.2 Å². The first kappa shape index (κ1) is 27.1. The van der Waals surface area contributed by atoms with Crippen molar-refractivity contribution in [3.8, 4) is 0 Å². The second-order valence-electron chi connectivity index (χ2n) is 11.1. The van der Waals surface area contributed by atoms with Gasteiger partial charge in [0, 0.05) is 29.8 Å². The van der Waals surface area contributed by atoms with E-state index in [0.717, 1.165) is 48.2 Å². The second kappa shape index (κ2) is 11.0. The summed E-state index contributed by atoms with van der Waals surface area (Å²) in [6.07, 6.45) is 6.14. The molecule has 2 unspecified atom stereocenters. The summed E-state index contributed by atoms with van der Waals surface area (Å²) in [4.78, 5) is 47.9. The van der Waals surface area contributed by atoms with Crippen LogP contribution in [0.5, 0.6) is 0 Å². The van der Waals surface area contributed by atoms with Crippen LogP contribution in [0, 0.1) is 25.7 Å². The van der Waals surface area contributed by atoms with Gasteiger partial charge in [0.05, 0.1) is 0 Å². The van der Waals surface area contributed by atoms with E-state index >= 15 is 0 Å². The molecule has 0 bridgehead atoms. The Labute approximate surface area is 228 Å². The minimum atomic E-state index is -0.922. The number of aliphatic hydroxyl groups excluding tert-OH is 1. The highest BCUT2D eigenvalue weighted by Gasteiger charge is 2.51. The van der Waals surface area contributed by atoms with E-state index in [1.807, 2.05) is 39.0 Å². The molecule has 3 aromatic rings. The summed E-state index contributed by atoms with van der Waals surface area (Å²) in [7, 11) is 0. The zero-order valence-corrected chi connectivity index (χ0v) is 22.9. The zero-order valence-electron chi connectivity index (χ0n) is 22.9. The fraction of sp³-hybridized carbons (Fsp3) is 0.533. The van der Waals surface area contributed by atoms with Crippen LogP contribution in [0.15, 0.2) is 24.3 Å². The highest BCUT2D eigenvalue weighted by Crippen LogP contribution is 2.45. The molecule has 1 saturated heterocycles. The van der Waals surface area contributed by atoms with Gasteiger partial charge in [-0.15, -0.1) is 5.10 Å². The minimum absolute atomic E-state index is 0.0977. The molecule has 1 aliphatic carbocycles. The Kier molecular flexibility index (Phi) is 7.62. The quantitative estimate of drug-likeness (QED) is 0.251. The number of ketones is 2. The molecular weight excluding hydrogens is 496 g/mol. The van der Waals surface area contributed by atoms with Gasteiger partial charge in [0.15, 0.2) is 17.4 Å². The largest absolute Gasteiger partial charge is 0.458 e. The second-order valence-corrected chi connectivity index (χ2v) is 11.1. The first-order valence-corrected chi connectivity index (χ1v) is 13.9. The molecule has 3 heterocycles. The van der Waals surface area contributed by atoms with E-state index in [0.29, 0.717) is 36.4 Å². The average Bonchev–Trinajstić information content (AvgIpc) is 3.60. The maximum absolute atomic E-state index is 13.5. The molecule has 206 valence electrons. The van der Waals surface area contributed by atoms with Gasteiger partial charge < -0.3 is 9.84 Å². The van der Waals surface area contributed by atoms with Crippen molar-refractivity contribution in [2.24, 2.45) is 11.8 Å². The van der Waals surface area contributed by atoms with E-state index in [1.54, 1.807) is 10.6 Å². The summed E-state index contributed by atoms with van der Waals surface area (Å²) in [6, 6.07) is 7.56. The minimum Gasteiger partial charge on any atom is -0.458 e. The van der Waals surface area contributed by atoms with Crippen molar-refractivity contribution >= 4 is 23.3 Å². The molecule has 2 aromatic heterocycles. The number of carbonyl (C=O) groups is 3. The number of aliphatic hydroxyl groups is 1. The maximum Gasteiger partial charge on any atom is 0.317 e. The molecule has 0 spiro atoms. The summed E-state index contributed by atoms with van der Waals surface area (Å²) in [5.74, 6) is -0.807. The van der Waals surface area contributed by atoms with Gasteiger partial charge in [-0.1, -0.05) is 38.0 Å². The molecular formula is C30H36N4O5. The molecule has 2 atom stereocenters. The normalized spacial score (nSPS) is 22.0. The lowest BCUT2D eigenvalue weighted by molar-refractivity contribution is -0.185. The van der Waals surface area contributed by atoms with E-state index in [-0.39, 0.29) is 30.3 Å². The van der Waals surface area contributed by atoms with Crippen LogP contribution in [-0.4, -0.2) is 54.4 Å². The molecule has 1 aliphatic heterocycles. The number of Topliss-reactive ketones (excluding diaryl/α,β-unsaturated/α-hetero) is 2. The van der Waals surface area contributed by atoms with Gasteiger partial charge in [0.1, 0.15) is 18.1 Å². The lowest BCUT2D eigenvalue weighted by atomic mass is 9.73. The maximum atomic E-state index is 13.5. The Morgan fingerprint density at radius 2 is 1.92 bits per heavy atom. The SMILES string of the molecule is CCc1cc(CCC2(C3CCCC3)CC(=O)C(Cc3nc4nc(C)cc(C)n4n3)C(=O)O2)ccc1C(=O)CO. The van der Waals surface area contributed by atoms with Crippen LogP contribution < -0.4 is 0 Å². The van der Waals surface area contributed by atoms with E-state index in [9.17, 15) is 19.5 Å². The van der Waals surface area contributed by atoms with Crippen LogP contribution in [0.4, 0.5) is 0 Å². The van der Waals surface area contributed by atoms with Crippen molar-refractivity contribution in [2.75, 3.05) is 6.61 Å². The molecule has 1 aromatic carbocycles. The van der Waals surface area contributed by atoms with Gasteiger partial charge in [-0.05, 0) is 69.1 Å². The lowest BCUT2D eigenvalue weighted by Gasteiger charge is -2.43. The zero-order chi connectivity index (χ0) is 27.7. The molecule has 2 aliphatic rings. The fourth-order valence-electron chi connectivity index (χ4n) is 6.36. The number of aryl methyl sites for hydroxylation is 4. The van der Waals surface area contributed by atoms with Gasteiger partial charge in [-0.3, -0.25) is 14.4 Å². The standard InChI is InChI=1S/C30H36N4O5/c1-4-21-14-20(9-10-23(21)26(37)17-35)11-12-30(22-7-5-6-8-22)16-25(36)24(28(38)39-30)15-27-32-29-31-18(2)13-19(3)34(29)33-27/h9-10,13-14,22,24,35H,4-8,11-12,15-17H2,1-3H3. The van der Waals surface area contributed by atoms with Crippen LogP contribution in [0.25, 0.3) is 5.78 Å². The van der Waals surface area contributed by atoms with Crippen molar-refractivity contribution in [3.63, 3.8) is 0 Å². The topological polar surface area (TPSA) is 124 Å². The summed E-state index contributed by atoms with van der Waals surface area (Å²) in [5.41, 5.74) is 3.34. The molecule has 0 amide bonds. The number of benzene rings is 1. The predicted octanol–water partition coefficient (Wildman–Crippen LogP) is 3.72. The molecule has 1 saturated carbocycles. The van der Waals surface area contributed by atoms with E-state index in [2.05, 4.69) is 15.1 Å². The molecule has 5 rings (SSSR count). The Morgan fingerprint density at radius 1 is 1.15 bits per heavy atom. The molecule has 0 radical (unpaired) electrons. The first-order chi connectivity index (χ1) is 18.7. The Hall–Kier alpha value is -3.46. The smallest absolute Gasteiger partial charge is 0.317 e. The lowest BCUT2D eigenvalue weighted by Crippen LogP contribution is -2.52. The van der Waals surface area contributed by atoms with Crippen molar-refractivity contribution < 1.29 is 24.2 Å². The summed E-state index contributed by atoms with van der Waals surface area (Å²) >= 11 is 0. The number of nitrogens with zero attached hydrogens (tertiary/aromatic N) is 4. The van der Waals surface area contributed by atoms with Crippen LogP contribution in [-0.2, 0) is 33.6 Å². The van der Waals surface area contributed by atoms with Crippen LogP contribution in [0.2, 0.25) is 0 Å². The Morgan fingerprint density at radius 3 is 2.62 bits per heavy atom. The number of rotatable bonds is 9. The van der Waals surface area contributed by atoms with Gasteiger partial charge in [-0.2, -0.15) is 4.98 Å². The highest BCUT2D eigenvalue weighted by molar-refractivity contribution is 6.02. The number of aromatic nitrogens is 4. The fourth-order valence-corrected chi connectivity index (χ4v) is 6.36. The van der Waals surface area contributed by atoms with Gasteiger partial charge >= 0.3 is 5.97 Å². The Balaban J connectivity index is 1.35. The summed E-state index contributed by atoms with van der Waals surface area (Å²) < 4.78 is 7.90. The molecule has 9 heteroatoms. The van der Waals surface area contributed by atoms with Gasteiger partial charge in [0.25, 0.3) is 5.78 Å². The molecule has 2 fully saturated rings. The average molecular weight is 533 g/mol. The van der Waals surface area contributed by atoms with Crippen LogP contribution in [0.1, 0.15) is 84.1 Å². The van der Waals surface area contributed by atoms with Crippen LogP contribution in [0.3, 0.4) is 0 Å². The van der Waals surface area contributed by atoms with Crippen LogP contribution >= 0.6 is 0 Å². The number of cyclic esters (lactones) is 1. The third-order valence-corrected chi connectivity index (χ3v) is 8.43.